The minimum Gasteiger partial charge on any atom is -0.393 e. The molecule has 0 radical (unpaired) electrons. The van der Waals surface area contributed by atoms with Crippen molar-refractivity contribution in [2.75, 3.05) is 20.2 Å². The van der Waals surface area contributed by atoms with Crippen molar-refractivity contribution in [3.05, 3.63) is 35.4 Å². The van der Waals surface area contributed by atoms with Gasteiger partial charge in [-0.1, -0.05) is 25.1 Å². The average Bonchev–Trinajstić information content (AvgIpc) is 2.42. The summed E-state index contributed by atoms with van der Waals surface area (Å²) in [6.07, 6.45) is 0.359. The summed E-state index contributed by atoms with van der Waals surface area (Å²) in [5.41, 5.74) is 1.61. The van der Waals surface area contributed by atoms with Crippen LogP contribution in [-0.2, 0) is 11.3 Å². The van der Waals surface area contributed by atoms with Crippen LogP contribution in [-0.4, -0.2) is 42.2 Å². The maximum absolute atomic E-state index is 12.5. The van der Waals surface area contributed by atoms with E-state index in [2.05, 4.69) is 0 Å². The monoisotopic (exact) mass is 263 g/mol. The standard InChI is InChI=1S/C15H21NO3/c1-11-9-16(8-7-14(11)17)15(18)13-6-4-3-5-12(13)10-19-2/h3-6,11,14,17H,7-10H2,1-2H3. The van der Waals surface area contributed by atoms with Crippen LogP contribution in [0.3, 0.4) is 0 Å². The molecular weight excluding hydrogens is 242 g/mol. The number of nitrogens with zero attached hydrogens (tertiary/aromatic N) is 1. The molecule has 0 aromatic heterocycles. The number of aliphatic hydroxyl groups excluding tert-OH is 1. The fourth-order valence-electron chi connectivity index (χ4n) is 2.50. The summed E-state index contributed by atoms with van der Waals surface area (Å²) in [6.45, 7) is 3.64. The van der Waals surface area contributed by atoms with Gasteiger partial charge in [0.25, 0.3) is 5.91 Å². The molecule has 1 amide bonds. The van der Waals surface area contributed by atoms with Crippen LogP contribution in [0.1, 0.15) is 29.3 Å². The topological polar surface area (TPSA) is 49.8 Å². The van der Waals surface area contributed by atoms with Crippen molar-refractivity contribution in [3.63, 3.8) is 0 Å². The predicted molar refractivity (Wildman–Crippen MR) is 72.8 cm³/mol. The van der Waals surface area contributed by atoms with Gasteiger partial charge in [-0.15, -0.1) is 0 Å². The summed E-state index contributed by atoms with van der Waals surface area (Å²) in [5.74, 6) is 0.165. The largest absolute Gasteiger partial charge is 0.393 e. The Morgan fingerprint density at radius 3 is 2.89 bits per heavy atom. The Morgan fingerprint density at radius 1 is 1.47 bits per heavy atom. The molecule has 1 fully saturated rings. The molecule has 0 bridgehead atoms. The fraction of sp³-hybridized carbons (Fsp3) is 0.533. The Balaban J connectivity index is 2.15. The summed E-state index contributed by atoms with van der Waals surface area (Å²) in [6, 6.07) is 7.54. The maximum Gasteiger partial charge on any atom is 0.254 e. The third-order valence-electron chi connectivity index (χ3n) is 3.69. The Bertz CT molecular complexity index is 447. The first-order chi connectivity index (χ1) is 9.13. The molecule has 1 heterocycles. The fourth-order valence-corrected chi connectivity index (χ4v) is 2.50. The zero-order valence-corrected chi connectivity index (χ0v) is 11.5. The number of methoxy groups -OCH3 is 1. The molecule has 4 heteroatoms. The number of rotatable bonds is 3. The van der Waals surface area contributed by atoms with Gasteiger partial charge in [-0.2, -0.15) is 0 Å². The van der Waals surface area contributed by atoms with Crippen LogP contribution in [0.25, 0.3) is 0 Å². The molecule has 1 N–H and O–H groups in total. The van der Waals surface area contributed by atoms with E-state index >= 15 is 0 Å². The lowest BCUT2D eigenvalue weighted by molar-refractivity contribution is 0.0295. The minimum absolute atomic E-state index is 0.0337. The molecule has 2 unspecified atom stereocenters. The number of aliphatic hydroxyl groups is 1. The summed E-state index contributed by atoms with van der Waals surface area (Å²) < 4.78 is 5.13. The van der Waals surface area contributed by atoms with Crippen LogP contribution in [0.15, 0.2) is 24.3 Å². The van der Waals surface area contributed by atoms with Crippen LogP contribution < -0.4 is 0 Å². The van der Waals surface area contributed by atoms with E-state index in [4.69, 9.17) is 4.74 Å². The zero-order valence-electron chi connectivity index (χ0n) is 11.5. The quantitative estimate of drug-likeness (QED) is 0.902. The summed E-state index contributed by atoms with van der Waals surface area (Å²) in [5, 5.41) is 9.73. The molecule has 19 heavy (non-hydrogen) atoms. The highest BCUT2D eigenvalue weighted by Gasteiger charge is 2.28. The van der Waals surface area contributed by atoms with Crippen LogP contribution in [0.2, 0.25) is 0 Å². The second-order valence-corrected chi connectivity index (χ2v) is 5.17. The number of hydrogen-bond acceptors (Lipinski definition) is 3. The number of carbonyl (C=O) groups is 1. The van der Waals surface area contributed by atoms with Gasteiger partial charge in [0, 0.05) is 25.8 Å². The number of carbonyl (C=O) groups excluding carboxylic acids is 1. The van der Waals surface area contributed by atoms with Gasteiger partial charge >= 0.3 is 0 Å². The highest BCUT2D eigenvalue weighted by Crippen LogP contribution is 2.20. The number of ether oxygens (including phenoxy) is 1. The first-order valence-corrected chi connectivity index (χ1v) is 6.67. The average molecular weight is 263 g/mol. The lowest BCUT2D eigenvalue weighted by Crippen LogP contribution is -2.45. The molecule has 1 aliphatic heterocycles. The first kappa shape index (κ1) is 14.0. The molecule has 1 aromatic rings. The number of hydrogen-bond donors (Lipinski definition) is 1. The Hall–Kier alpha value is -1.39. The van der Waals surface area contributed by atoms with Crippen molar-refractivity contribution in [1.29, 1.82) is 0 Å². The molecule has 1 aliphatic rings. The van der Waals surface area contributed by atoms with Crippen LogP contribution in [0.5, 0.6) is 0 Å². The van der Waals surface area contributed by atoms with Gasteiger partial charge in [-0.05, 0) is 24.0 Å². The maximum atomic E-state index is 12.5. The van der Waals surface area contributed by atoms with Crippen molar-refractivity contribution in [1.82, 2.24) is 4.90 Å². The second kappa shape index (κ2) is 6.17. The van der Waals surface area contributed by atoms with Crippen molar-refractivity contribution in [2.45, 2.75) is 26.1 Å². The third kappa shape index (κ3) is 3.14. The van der Waals surface area contributed by atoms with Crippen LogP contribution in [0, 0.1) is 5.92 Å². The summed E-state index contributed by atoms with van der Waals surface area (Å²) in [7, 11) is 1.63. The van der Waals surface area contributed by atoms with Gasteiger partial charge in [-0.3, -0.25) is 4.79 Å². The van der Waals surface area contributed by atoms with Gasteiger partial charge < -0.3 is 14.7 Å². The van der Waals surface area contributed by atoms with E-state index in [9.17, 15) is 9.90 Å². The first-order valence-electron chi connectivity index (χ1n) is 6.67. The minimum atomic E-state index is -0.293. The van der Waals surface area contributed by atoms with Gasteiger partial charge in [-0.25, -0.2) is 0 Å². The van der Waals surface area contributed by atoms with Gasteiger partial charge in [0.2, 0.25) is 0 Å². The van der Waals surface area contributed by atoms with Gasteiger partial charge in [0.15, 0.2) is 0 Å². The van der Waals surface area contributed by atoms with Gasteiger partial charge in [0.1, 0.15) is 0 Å². The summed E-state index contributed by atoms with van der Waals surface area (Å²) >= 11 is 0. The predicted octanol–water partition coefficient (Wildman–Crippen LogP) is 1.68. The molecule has 0 aliphatic carbocycles. The van der Waals surface area contributed by atoms with Crippen LogP contribution in [0.4, 0.5) is 0 Å². The molecule has 2 atom stereocenters. The number of amides is 1. The third-order valence-corrected chi connectivity index (χ3v) is 3.69. The van der Waals surface area contributed by atoms with E-state index in [0.29, 0.717) is 31.7 Å². The lowest BCUT2D eigenvalue weighted by Gasteiger charge is -2.34. The SMILES string of the molecule is COCc1ccccc1C(=O)N1CCC(O)C(C)C1. The second-order valence-electron chi connectivity index (χ2n) is 5.17. The number of benzene rings is 1. The molecule has 4 nitrogen and oxygen atoms in total. The highest BCUT2D eigenvalue weighted by molar-refractivity contribution is 5.95. The summed E-state index contributed by atoms with van der Waals surface area (Å²) in [4.78, 5) is 14.4. The highest BCUT2D eigenvalue weighted by atomic mass is 16.5. The molecule has 2 rings (SSSR count). The Labute approximate surface area is 114 Å². The molecule has 0 spiro atoms. The normalized spacial score (nSPS) is 23.4. The molecule has 1 saturated heterocycles. The van der Waals surface area contributed by atoms with Crippen LogP contribution >= 0.6 is 0 Å². The molecule has 0 saturated carbocycles. The molecule has 104 valence electrons. The van der Waals surface area contributed by atoms with Gasteiger partial charge in [0.05, 0.1) is 12.7 Å². The Morgan fingerprint density at radius 2 is 2.21 bits per heavy atom. The van der Waals surface area contributed by atoms with Crippen molar-refractivity contribution >= 4 is 5.91 Å². The van der Waals surface area contributed by atoms with Crippen molar-refractivity contribution in [2.24, 2.45) is 5.92 Å². The van der Waals surface area contributed by atoms with E-state index < -0.39 is 0 Å². The smallest absolute Gasteiger partial charge is 0.254 e. The molecule has 1 aromatic carbocycles. The van der Waals surface area contributed by atoms with E-state index in [1.807, 2.05) is 36.1 Å². The van der Waals surface area contributed by atoms with Crippen molar-refractivity contribution < 1.29 is 14.6 Å². The lowest BCUT2D eigenvalue weighted by atomic mass is 9.95. The van der Waals surface area contributed by atoms with Crippen molar-refractivity contribution in [3.8, 4) is 0 Å². The van der Waals surface area contributed by atoms with E-state index in [0.717, 1.165) is 5.56 Å². The number of piperidine rings is 1. The number of likely N-dealkylation sites (tertiary alicyclic amines) is 1. The Kier molecular flexibility index (Phi) is 4.56. The van der Waals surface area contributed by atoms with E-state index in [1.54, 1.807) is 7.11 Å². The molecular formula is C15H21NO3. The zero-order chi connectivity index (χ0) is 13.8. The van der Waals surface area contributed by atoms with E-state index in [1.165, 1.54) is 0 Å². The van der Waals surface area contributed by atoms with E-state index in [-0.39, 0.29) is 17.9 Å².